The molecule has 4 aromatic rings. The van der Waals surface area contributed by atoms with E-state index in [1.54, 1.807) is 31.2 Å². The smallest absolute Gasteiger partial charge is 0.270 e. The summed E-state index contributed by atoms with van der Waals surface area (Å²) in [5, 5.41) is 23.5. The summed E-state index contributed by atoms with van der Waals surface area (Å²) in [6.07, 6.45) is 0. The largest absolute Gasteiger partial charge is 0.507 e. The van der Waals surface area contributed by atoms with Crippen LogP contribution in [0.2, 0.25) is 0 Å². The van der Waals surface area contributed by atoms with Crippen LogP contribution in [-0.4, -0.2) is 36.1 Å². The van der Waals surface area contributed by atoms with E-state index in [0.29, 0.717) is 16.9 Å². The molecular weight excluding hydrogens is 358 g/mol. The summed E-state index contributed by atoms with van der Waals surface area (Å²) < 4.78 is 1.41. The lowest BCUT2D eigenvalue weighted by atomic mass is 10.00. The molecule has 0 spiro atoms. The summed E-state index contributed by atoms with van der Waals surface area (Å²) in [6.45, 7) is 1.66. The van der Waals surface area contributed by atoms with Crippen LogP contribution < -0.4 is 5.56 Å². The van der Waals surface area contributed by atoms with Crippen molar-refractivity contribution in [3.8, 4) is 22.7 Å². The Kier molecular flexibility index (Phi) is 4.29. The molecule has 0 fully saturated rings. The zero-order chi connectivity index (χ0) is 19.7. The maximum Gasteiger partial charge on any atom is 0.270 e. The highest BCUT2D eigenvalue weighted by atomic mass is 16.3. The molecule has 28 heavy (non-hydrogen) atoms. The first-order chi connectivity index (χ1) is 13.6. The van der Waals surface area contributed by atoms with Gasteiger partial charge in [0.2, 0.25) is 11.6 Å². The fourth-order valence-electron chi connectivity index (χ4n) is 3.12. The minimum atomic E-state index is -0.802. The van der Waals surface area contributed by atoms with Gasteiger partial charge < -0.3 is 5.11 Å². The first-order valence-electron chi connectivity index (χ1n) is 8.47. The van der Waals surface area contributed by atoms with Crippen molar-refractivity contribution < 1.29 is 9.90 Å². The fourth-order valence-corrected chi connectivity index (χ4v) is 3.12. The number of ketones is 1. The van der Waals surface area contributed by atoms with Crippen LogP contribution in [-0.2, 0) is 0 Å². The maximum absolute atomic E-state index is 13.4. The Hall–Kier alpha value is -4.07. The fraction of sp³-hybridized carbons (Fsp3) is 0.0500. The second-order valence-electron chi connectivity index (χ2n) is 6.10. The molecule has 2 heterocycles. The number of hydrogen-bond donors (Lipinski definition) is 2. The average molecular weight is 373 g/mol. The maximum atomic E-state index is 13.4. The number of aromatic amines is 1. The van der Waals surface area contributed by atoms with Crippen LogP contribution in [0.1, 0.15) is 21.7 Å². The van der Waals surface area contributed by atoms with E-state index >= 15 is 0 Å². The molecular formula is C20H15N5O3. The second kappa shape index (κ2) is 6.92. The van der Waals surface area contributed by atoms with E-state index in [-0.39, 0.29) is 5.82 Å². The number of H-pyrrole nitrogens is 1. The number of aromatic nitrogens is 5. The molecule has 0 amide bonds. The average Bonchev–Trinajstić information content (AvgIpc) is 3.27. The molecule has 0 aliphatic rings. The molecule has 2 aromatic carbocycles. The summed E-state index contributed by atoms with van der Waals surface area (Å²) in [5.74, 6) is -1.49. The van der Waals surface area contributed by atoms with Crippen molar-refractivity contribution in [2.45, 2.75) is 6.92 Å². The number of pyridine rings is 1. The molecule has 0 unspecified atom stereocenters. The van der Waals surface area contributed by atoms with E-state index in [4.69, 9.17) is 0 Å². The molecule has 0 atom stereocenters. The van der Waals surface area contributed by atoms with Crippen molar-refractivity contribution in [3.63, 3.8) is 0 Å². The summed E-state index contributed by atoms with van der Waals surface area (Å²) in [4.78, 5) is 26.1. The highest BCUT2D eigenvalue weighted by molar-refractivity contribution is 6.08. The monoisotopic (exact) mass is 373 g/mol. The normalized spacial score (nSPS) is 10.8. The molecule has 2 N–H and O–H groups in total. The van der Waals surface area contributed by atoms with Gasteiger partial charge in [0.25, 0.3) is 5.56 Å². The molecule has 8 nitrogen and oxygen atoms in total. The van der Waals surface area contributed by atoms with Gasteiger partial charge in [-0.3, -0.25) is 14.2 Å². The number of para-hydroxylation sites is 1. The third-order valence-electron chi connectivity index (χ3n) is 4.42. The zero-order valence-corrected chi connectivity index (χ0v) is 14.8. The van der Waals surface area contributed by atoms with Crippen molar-refractivity contribution in [1.29, 1.82) is 0 Å². The van der Waals surface area contributed by atoms with E-state index in [0.717, 1.165) is 5.56 Å². The van der Waals surface area contributed by atoms with Crippen LogP contribution in [0.4, 0.5) is 0 Å². The molecule has 0 saturated carbocycles. The van der Waals surface area contributed by atoms with Gasteiger partial charge in [-0.15, -0.1) is 10.2 Å². The van der Waals surface area contributed by atoms with Gasteiger partial charge in [0.1, 0.15) is 11.3 Å². The number of hydrogen-bond acceptors (Lipinski definition) is 6. The SMILES string of the molecule is Cc1c(O)c(C(=O)c2nn[nH]n2)c(=O)n(-c2ccccc2)c1-c1ccccc1. The molecule has 0 aliphatic heterocycles. The zero-order valence-electron chi connectivity index (χ0n) is 14.8. The first-order valence-corrected chi connectivity index (χ1v) is 8.47. The third kappa shape index (κ3) is 2.77. The number of tetrazole rings is 1. The van der Waals surface area contributed by atoms with Gasteiger partial charge >= 0.3 is 0 Å². The lowest BCUT2D eigenvalue weighted by Crippen LogP contribution is -2.28. The summed E-state index contributed by atoms with van der Waals surface area (Å²) >= 11 is 0. The minimum absolute atomic E-state index is 0.293. The van der Waals surface area contributed by atoms with Crippen LogP contribution in [0, 0.1) is 6.92 Å². The first kappa shape index (κ1) is 17.3. The molecule has 8 heteroatoms. The van der Waals surface area contributed by atoms with E-state index in [1.165, 1.54) is 4.57 Å². The number of aromatic hydroxyl groups is 1. The van der Waals surface area contributed by atoms with E-state index < -0.39 is 22.7 Å². The third-order valence-corrected chi connectivity index (χ3v) is 4.42. The van der Waals surface area contributed by atoms with Crippen molar-refractivity contribution >= 4 is 5.78 Å². The lowest BCUT2D eigenvalue weighted by molar-refractivity contribution is 0.102. The molecule has 138 valence electrons. The van der Waals surface area contributed by atoms with Crippen LogP contribution in [0.3, 0.4) is 0 Å². The Morgan fingerprint density at radius 1 is 1.04 bits per heavy atom. The predicted molar refractivity (Wildman–Crippen MR) is 101 cm³/mol. The van der Waals surface area contributed by atoms with Crippen molar-refractivity contribution in [2.24, 2.45) is 0 Å². The van der Waals surface area contributed by atoms with Gasteiger partial charge in [-0.25, -0.2) is 0 Å². The molecule has 0 aliphatic carbocycles. The Balaban J connectivity index is 2.09. The summed E-state index contributed by atoms with van der Waals surface area (Å²) in [6, 6.07) is 18.1. The highest BCUT2D eigenvalue weighted by Crippen LogP contribution is 2.32. The summed E-state index contributed by atoms with van der Waals surface area (Å²) in [7, 11) is 0. The van der Waals surface area contributed by atoms with Gasteiger partial charge in [-0.2, -0.15) is 5.21 Å². The number of nitrogens with zero attached hydrogens (tertiary/aromatic N) is 4. The minimum Gasteiger partial charge on any atom is -0.507 e. The summed E-state index contributed by atoms with van der Waals surface area (Å²) in [5.41, 5.74) is 1.12. The van der Waals surface area contributed by atoms with Gasteiger partial charge in [-0.05, 0) is 29.8 Å². The van der Waals surface area contributed by atoms with Crippen LogP contribution in [0.15, 0.2) is 65.5 Å². The van der Waals surface area contributed by atoms with E-state index in [2.05, 4.69) is 20.6 Å². The predicted octanol–water partition coefficient (Wildman–Crippen LogP) is 2.26. The molecule has 0 radical (unpaired) electrons. The molecule has 2 aromatic heterocycles. The standard InChI is InChI=1S/C20H15N5O3/c1-12-16(13-8-4-2-5-9-13)25(14-10-6-3-7-11-14)20(28)15(17(12)26)18(27)19-21-23-24-22-19/h2-11,26H,1H3,(H,21,22,23,24). The quantitative estimate of drug-likeness (QED) is 0.531. The topological polar surface area (TPSA) is 114 Å². The number of nitrogens with one attached hydrogen (secondary N) is 1. The van der Waals surface area contributed by atoms with Crippen molar-refractivity contribution in [3.05, 3.63) is 88.0 Å². The number of carbonyl (C=O) groups is 1. The Labute approximate surface area is 159 Å². The second-order valence-corrected chi connectivity index (χ2v) is 6.10. The van der Waals surface area contributed by atoms with Gasteiger partial charge in [0, 0.05) is 11.3 Å². The Morgan fingerprint density at radius 2 is 1.68 bits per heavy atom. The van der Waals surface area contributed by atoms with Gasteiger partial charge in [-0.1, -0.05) is 48.5 Å². The lowest BCUT2D eigenvalue weighted by Gasteiger charge is -2.19. The molecule has 0 saturated heterocycles. The van der Waals surface area contributed by atoms with Gasteiger partial charge in [0.15, 0.2) is 0 Å². The van der Waals surface area contributed by atoms with Crippen LogP contribution in [0.25, 0.3) is 16.9 Å². The molecule has 4 rings (SSSR count). The Morgan fingerprint density at radius 3 is 2.29 bits per heavy atom. The van der Waals surface area contributed by atoms with Crippen molar-refractivity contribution in [2.75, 3.05) is 0 Å². The van der Waals surface area contributed by atoms with Crippen LogP contribution in [0.5, 0.6) is 5.75 Å². The number of carbonyl (C=O) groups excluding carboxylic acids is 1. The Bertz CT molecular complexity index is 1200. The van der Waals surface area contributed by atoms with Gasteiger partial charge in [0.05, 0.1) is 5.69 Å². The number of benzene rings is 2. The highest BCUT2D eigenvalue weighted by Gasteiger charge is 2.28. The van der Waals surface area contributed by atoms with E-state index in [9.17, 15) is 14.7 Å². The molecule has 0 bridgehead atoms. The van der Waals surface area contributed by atoms with Crippen molar-refractivity contribution in [1.82, 2.24) is 25.2 Å². The van der Waals surface area contributed by atoms with Crippen LogP contribution >= 0.6 is 0 Å². The van der Waals surface area contributed by atoms with E-state index in [1.807, 2.05) is 36.4 Å². The number of rotatable bonds is 4.